The molecule has 0 unspecified atom stereocenters. The van der Waals surface area contributed by atoms with Gasteiger partial charge in [0, 0.05) is 18.3 Å². The van der Waals surface area contributed by atoms with Crippen molar-refractivity contribution in [3.63, 3.8) is 0 Å². The lowest BCUT2D eigenvalue weighted by molar-refractivity contribution is 0.824. The molecule has 15 heavy (non-hydrogen) atoms. The van der Waals surface area contributed by atoms with Crippen LogP contribution in [0.1, 0.15) is 12.8 Å². The summed E-state index contributed by atoms with van der Waals surface area (Å²) < 4.78 is 2.05. The van der Waals surface area contributed by atoms with Gasteiger partial charge in [0.05, 0.1) is 5.54 Å². The number of rotatable bonds is 3. The first-order chi connectivity index (χ1) is 7.33. The standard InChI is InChI=1S/C11H12ClN3/c12-8-11(4-5-11)14-10-3-1-2-9-13-6-7-15(9)10/h1-3,6-7,14H,4-5,8H2. The molecule has 0 spiro atoms. The molecule has 0 atom stereocenters. The molecule has 0 amide bonds. The quantitative estimate of drug-likeness (QED) is 0.808. The van der Waals surface area contributed by atoms with Gasteiger partial charge in [0.25, 0.3) is 0 Å². The Morgan fingerprint density at radius 1 is 1.47 bits per heavy atom. The van der Waals surface area contributed by atoms with Crippen LogP contribution < -0.4 is 5.32 Å². The van der Waals surface area contributed by atoms with Crippen LogP contribution in [0.15, 0.2) is 30.6 Å². The number of nitrogens with one attached hydrogen (secondary N) is 1. The topological polar surface area (TPSA) is 29.3 Å². The van der Waals surface area contributed by atoms with Crippen molar-refractivity contribution in [3.05, 3.63) is 30.6 Å². The van der Waals surface area contributed by atoms with Crippen molar-refractivity contribution in [2.24, 2.45) is 0 Å². The minimum atomic E-state index is 0.125. The molecule has 0 radical (unpaired) electrons. The van der Waals surface area contributed by atoms with Crippen LogP contribution >= 0.6 is 11.6 Å². The van der Waals surface area contributed by atoms with Crippen LogP contribution in [0.3, 0.4) is 0 Å². The van der Waals surface area contributed by atoms with Crippen LogP contribution in [0.25, 0.3) is 5.65 Å². The molecule has 1 fully saturated rings. The van der Waals surface area contributed by atoms with E-state index in [9.17, 15) is 0 Å². The summed E-state index contributed by atoms with van der Waals surface area (Å²) in [6.07, 6.45) is 6.08. The van der Waals surface area contributed by atoms with Crippen LogP contribution in [0.5, 0.6) is 0 Å². The molecule has 2 aromatic rings. The lowest BCUT2D eigenvalue weighted by Crippen LogP contribution is -2.24. The van der Waals surface area contributed by atoms with Crippen molar-refractivity contribution in [2.45, 2.75) is 18.4 Å². The summed E-state index contributed by atoms with van der Waals surface area (Å²) in [6.45, 7) is 0. The summed E-state index contributed by atoms with van der Waals surface area (Å²) in [5, 5.41) is 3.50. The highest BCUT2D eigenvalue weighted by Gasteiger charge is 2.42. The maximum absolute atomic E-state index is 5.94. The molecule has 2 aromatic heterocycles. The summed E-state index contributed by atoms with van der Waals surface area (Å²) in [5.41, 5.74) is 1.09. The summed E-state index contributed by atoms with van der Waals surface area (Å²) in [7, 11) is 0. The van der Waals surface area contributed by atoms with Gasteiger partial charge in [-0.25, -0.2) is 4.98 Å². The Hall–Kier alpha value is -1.22. The predicted molar refractivity (Wildman–Crippen MR) is 61.5 cm³/mol. The first-order valence-corrected chi connectivity index (χ1v) is 5.63. The molecule has 0 aromatic carbocycles. The number of hydrogen-bond acceptors (Lipinski definition) is 2. The Morgan fingerprint density at radius 3 is 3.07 bits per heavy atom. The van der Waals surface area contributed by atoms with Gasteiger partial charge in [-0.3, -0.25) is 4.40 Å². The summed E-state index contributed by atoms with van der Waals surface area (Å²) in [5.74, 6) is 1.74. The lowest BCUT2D eigenvalue weighted by atomic mass is 10.3. The van der Waals surface area contributed by atoms with Crippen LogP contribution in [0.4, 0.5) is 5.82 Å². The monoisotopic (exact) mass is 221 g/mol. The minimum absolute atomic E-state index is 0.125. The molecule has 78 valence electrons. The molecule has 0 bridgehead atoms. The highest BCUT2D eigenvalue weighted by molar-refractivity contribution is 6.19. The third-order valence-electron chi connectivity index (χ3n) is 2.93. The largest absolute Gasteiger partial charge is 0.365 e. The Bertz CT molecular complexity index is 487. The van der Waals surface area contributed by atoms with E-state index in [0.717, 1.165) is 24.3 Å². The van der Waals surface area contributed by atoms with Gasteiger partial charge in [0.15, 0.2) is 0 Å². The molecule has 3 nitrogen and oxygen atoms in total. The maximum atomic E-state index is 5.94. The van der Waals surface area contributed by atoms with E-state index in [4.69, 9.17) is 11.6 Å². The number of alkyl halides is 1. The van der Waals surface area contributed by atoms with Gasteiger partial charge in [0.2, 0.25) is 0 Å². The number of halogens is 1. The van der Waals surface area contributed by atoms with Crippen LogP contribution in [-0.4, -0.2) is 20.8 Å². The second-order valence-corrected chi connectivity index (χ2v) is 4.37. The van der Waals surface area contributed by atoms with E-state index in [1.807, 2.05) is 22.7 Å². The van der Waals surface area contributed by atoms with Gasteiger partial charge in [-0.15, -0.1) is 11.6 Å². The van der Waals surface area contributed by atoms with Crippen molar-refractivity contribution in [2.75, 3.05) is 11.2 Å². The van der Waals surface area contributed by atoms with E-state index >= 15 is 0 Å². The zero-order chi connectivity index (χ0) is 10.3. The fourth-order valence-electron chi connectivity index (χ4n) is 1.76. The Morgan fingerprint density at radius 2 is 2.33 bits per heavy atom. The predicted octanol–water partition coefficient (Wildman–Crippen LogP) is 2.52. The molecule has 1 saturated carbocycles. The normalized spacial score (nSPS) is 17.9. The van der Waals surface area contributed by atoms with Crippen molar-refractivity contribution in [3.8, 4) is 0 Å². The molecule has 0 saturated heterocycles. The maximum Gasteiger partial charge on any atom is 0.138 e. The zero-order valence-electron chi connectivity index (χ0n) is 8.28. The van der Waals surface area contributed by atoms with Crippen LogP contribution in [0, 0.1) is 0 Å². The van der Waals surface area contributed by atoms with Gasteiger partial charge in [-0.05, 0) is 25.0 Å². The fourth-order valence-corrected chi connectivity index (χ4v) is 2.10. The molecular formula is C11H12ClN3. The molecule has 1 N–H and O–H groups in total. The molecule has 3 rings (SSSR count). The smallest absolute Gasteiger partial charge is 0.138 e. The van der Waals surface area contributed by atoms with E-state index in [0.29, 0.717) is 5.88 Å². The molecule has 0 aliphatic heterocycles. The molecule has 1 aliphatic carbocycles. The van der Waals surface area contributed by atoms with Crippen LogP contribution in [0.2, 0.25) is 0 Å². The summed E-state index contributed by atoms with van der Waals surface area (Å²) in [4.78, 5) is 4.25. The lowest BCUT2D eigenvalue weighted by Gasteiger charge is -2.16. The molecule has 4 heteroatoms. The van der Waals surface area contributed by atoms with Crippen molar-refractivity contribution in [1.82, 2.24) is 9.38 Å². The van der Waals surface area contributed by atoms with Gasteiger partial charge >= 0.3 is 0 Å². The zero-order valence-corrected chi connectivity index (χ0v) is 9.04. The average molecular weight is 222 g/mol. The third kappa shape index (κ3) is 1.47. The molecule has 2 heterocycles. The number of anilines is 1. The van der Waals surface area contributed by atoms with Gasteiger partial charge in [0.1, 0.15) is 11.5 Å². The Balaban J connectivity index is 2.00. The highest BCUT2D eigenvalue weighted by Crippen LogP contribution is 2.39. The van der Waals surface area contributed by atoms with E-state index in [2.05, 4.69) is 16.4 Å². The van der Waals surface area contributed by atoms with E-state index in [1.54, 1.807) is 6.20 Å². The van der Waals surface area contributed by atoms with Crippen molar-refractivity contribution in [1.29, 1.82) is 0 Å². The number of hydrogen-bond donors (Lipinski definition) is 1. The fraction of sp³-hybridized carbons (Fsp3) is 0.364. The first-order valence-electron chi connectivity index (χ1n) is 5.09. The number of aromatic nitrogens is 2. The van der Waals surface area contributed by atoms with Crippen LogP contribution in [-0.2, 0) is 0 Å². The first kappa shape index (κ1) is 9.04. The molecule has 1 aliphatic rings. The molecular weight excluding hydrogens is 210 g/mol. The number of imidazole rings is 1. The van der Waals surface area contributed by atoms with Crippen molar-refractivity contribution < 1.29 is 0 Å². The second-order valence-electron chi connectivity index (χ2n) is 4.11. The van der Waals surface area contributed by atoms with Gasteiger partial charge in [-0.2, -0.15) is 0 Å². The van der Waals surface area contributed by atoms with Crippen molar-refractivity contribution >= 4 is 23.1 Å². The van der Waals surface area contributed by atoms with Gasteiger partial charge < -0.3 is 5.32 Å². The Kier molecular flexibility index (Phi) is 1.89. The van der Waals surface area contributed by atoms with Gasteiger partial charge in [-0.1, -0.05) is 6.07 Å². The number of nitrogens with zero attached hydrogens (tertiary/aromatic N) is 2. The third-order valence-corrected chi connectivity index (χ3v) is 3.44. The summed E-state index contributed by atoms with van der Waals surface area (Å²) in [6, 6.07) is 6.06. The number of pyridine rings is 1. The SMILES string of the molecule is ClCC1(Nc2cccc3nccn23)CC1. The van der Waals surface area contributed by atoms with E-state index in [-0.39, 0.29) is 5.54 Å². The number of fused-ring (bicyclic) bond motifs is 1. The summed E-state index contributed by atoms with van der Waals surface area (Å²) >= 11 is 5.94. The second kappa shape index (κ2) is 3.14. The van der Waals surface area contributed by atoms with E-state index < -0.39 is 0 Å². The van der Waals surface area contributed by atoms with E-state index in [1.165, 1.54) is 0 Å². The highest BCUT2D eigenvalue weighted by atomic mass is 35.5. The minimum Gasteiger partial charge on any atom is -0.365 e. The average Bonchev–Trinajstić information content (AvgIpc) is 2.87. The Labute approximate surface area is 93.1 Å².